The van der Waals surface area contributed by atoms with Gasteiger partial charge in [0.05, 0.1) is 0 Å². The van der Waals surface area contributed by atoms with Crippen LogP contribution in [0.25, 0.3) is 0 Å². The zero-order chi connectivity index (χ0) is 7.14. The van der Waals surface area contributed by atoms with Crippen molar-refractivity contribution in [2.45, 2.75) is 19.8 Å². The Bertz CT molecular complexity index is 133. The van der Waals surface area contributed by atoms with E-state index in [0.717, 1.165) is 17.8 Å². The van der Waals surface area contributed by atoms with Gasteiger partial charge in [-0.1, -0.05) is 13.3 Å². The highest BCUT2D eigenvalue weighted by Crippen LogP contribution is 2.41. The summed E-state index contributed by atoms with van der Waals surface area (Å²) in [6.07, 6.45) is 2.99. The molecule has 1 nitrogen and oxygen atoms in total. The topological polar surface area (TPSA) is 3.24 Å². The summed E-state index contributed by atoms with van der Waals surface area (Å²) in [7, 11) is 2.26. The number of hydrogen-bond donors (Lipinski definition) is 0. The van der Waals surface area contributed by atoms with Crippen LogP contribution in [0.15, 0.2) is 0 Å². The molecule has 3 atom stereocenters. The fraction of sp³-hybridized carbons (Fsp3) is 1.00. The van der Waals surface area contributed by atoms with E-state index in [9.17, 15) is 0 Å². The van der Waals surface area contributed by atoms with Crippen molar-refractivity contribution in [2.75, 3.05) is 20.1 Å². The quantitative estimate of drug-likeness (QED) is 0.492. The summed E-state index contributed by atoms with van der Waals surface area (Å²) in [5.41, 5.74) is 0. The van der Waals surface area contributed by atoms with Crippen LogP contribution in [0.2, 0.25) is 0 Å². The fourth-order valence-electron chi connectivity index (χ4n) is 2.76. The smallest absolute Gasteiger partial charge is 0.00124 e. The summed E-state index contributed by atoms with van der Waals surface area (Å²) in [4.78, 5) is 2.49. The molecule has 0 aromatic carbocycles. The lowest BCUT2D eigenvalue weighted by atomic mass is 9.94. The molecule has 1 aliphatic heterocycles. The van der Waals surface area contributed by atoms with Gasteiger partial charge in [-0.25, -0.2) is 0 Å². The normalized spacial score (nSPS) is 48.0. The number of hydrogen-bond acceptors (Lipinski definition) is 1. The zero-order valence-electron chi connectivity index (χ0n) is 7.01. The molecule has 10 heavy (non-hydrogen) atoms. The third-order valence-corrected chi connectivity index (χ3v) is 3.40. The molecule has 1 aliphatic carbocycles. The number of likely N-dealkylation sites (tertiary alicyclic amines) is 1. The first kappa shape index (κ1) is 6.66. The Balaban J connectivity index is 2.05. The standard InChI is InChI=1S/C9H17N/c1-7-3-4-8-5-10(2)6-9(7)8/h7-9H,3-6H2,1-2H3/t7?,8-,9-/m0/s1. The van der Waals surface area contributed by atoms with Gasteiger partial charge in [-0.2, -0.15) is 0 Å². The van der Waals surface area contributed by atoms with Gasteiger partial charge in [0.2, 0.25) is 0 Å². The maximum atomic E-state index is 2.49. The lowest BCUT2D eigenvalue weighted by molar-refractivity contribution is 0.347. The summed E-state index contributed by atoms with van der Waals surface area (Å²) in [5, 5.41) is 0. The summed E-state index contributed by atoms with van der Waals surface area (Å²) in [6, 6.07) is 0. The van der Waals surface area contributed by atoms with Gasteiger partial charge in [0.15, 0.2) is 0 Å². The van der Waals surface area contributed by atoms with Gasteiger partial charge in [-0.3, -0.25) is 0 Å². The van der Waals surface area contributed by atoms with Crippen LogP contribution in [0.4, 0.5) is 0 Å². The first-order valence-corrected chi connectivity index (χ1v) is 4.46. The van der Waals surface area contributed by atoms with Crippen molar-refractivity contribution in [2.24, 2.45) is 17.8 Å². The third kappa shape index (κ3) is 0.878. The molecule has 1 unspecified atom stereocenters. The van der Waals surface area contributed by atoms with Crippen molar-refractivity contribution in [3.05, 3.63) is 0 Å². The van der Waals surface area contributed by atoms with Gasteiger partial charge in [-0.15, -0.1) is 0 Å². The van der Waals surface area contributed by atoms with Crippen molar-refractivity contribution in [3.8, 4) is 0 Å². The van der Waals surface area contributed by atoms with Crippen LogP contribution in [-0.2, 0) is 0 Å². The van der Waals surface area contributed by atoms with E-state index in [1.54, 1.807) is 0 Å². The minimum Gasteiger partial charge on any atom is -0.306 e. The summed E-state index contributed by atoms with van der Waals surface area (Å²) in [5.74, 6) is 3.11. The van der Waals surface area contributed by atoms with Crippen molar-refractivity contribution >= 4 is 0 Å². The molecule has 2 aliphatic rings. The van der Waals surface area contributed by atoms with Crippen molar-refractivity contribution in [1.82, 2.24) is 4.90 Å². The summed E-state index contributed by atoms with van der Waals surface area (Å²) >= 11 is 0. The minimum atomic E-state index is 1.01. The average molecular weight is 139 g/mol. The molecule has 0 N–H and O–H groups in total. The van der Waals surface area contributed by atoms with Crippen LogP contribution in [0, 0.1) is 17.8 Å². The van der Waals surface area contributed by atoms with Gasteiger partial charge < -0.3 is 4.90 Å². The molecule has 0 amide bonds. The van der Waals surface area contributed by atoms with E-state index in [4.69, 9.17) is 0 Å². The largest absolute Gasteiger partial charge is 0.306 e. The molecular formula is C9H17N. The van der Waals surface area contributed by atoms with E-state index < -0.39 is 0 Å². The van der Waals surface area contributed by atoms with Crippen LogP contribution in [-0.4, -0.2) is 25.0 Å². The van der Waals surface area contributed by atoms with Crippen molar-refractivity contribution < 1.29 is 0 Å². The molecule has 0 aromatic heterocycles. The number of fused-ring (bicyclic) bond motifs is 1. The lowest BCUT2D eigenvalue weighted by Crippen LogP contribution is -2.16. The molecule has 0 aromatic rings. The Labute approximate surface area is 63.4 Å². The van der Waals surface area contributed by atoms with E-state index in [0.29, 0.717) is 0 Å². The van der Waals surface area contributed by atoms with E-state index in [1.807, 2.05) is 0 Å². The zero-order valence-corrected chi connectivity index (χ0v) is 7.01. The van der Waals surface area contributed by atoms with Gasteiger partial charge >= 0.3 is 0 Å². The van der Waals surface area contributed by atoms with Crippen LogP contribution in [0.3, 0.4) is 0 Å². The predicted octanol–water partition coefficient (Wildman–Crippen LogP) is 1.59. The van der Waals surface area contributed by atoms with E-state index >= 15 is 0 Å². The second-order valence-electron chi connectivity index (χ2n) is 4.20. The van der Waals surface area contributed by atoms with Gasteiger partial charge in [0.25, 0.3) is 0 Å². The molecule has 2 rings (SSSR count). The maximum absolute atomic E-state index is 2.49. The Morgan fingerprint density at radius 2 is 2.00 bits per heavy atom. The van der Waals surface area contributed by atoms with Gasteiger partial charge in [0, 0.05) is 13.1 Å². The molecule has 1 heteroatoms. The molecule has 0 bridgehead atoms. The van der Waals surface area contributed by atoms with Crippen LogP contribution in [0.5, 0.6) is 0 Å². The lowest BCUT2D eigenvalue weighted by Gasteiger charge is -2.12. The van der Waals surface area contributed by atoms with Crippen molar-refractivity contribution in [1.29, 1.82) is 0 Å². The van der Waals surface area contributed by atoms with Crippen LogP contribution < -0.4 is 0 Å². The molecular weight excluding hydrogens is 122 g/mol. The number of nitrogens with zero attached hydrogens (tertiary/aromatic N) is 1. The highest BCUT2D eigenvalue weighted by atomic mass is 15.1. The molecule has 0 radical (unpaired) electrons. The molecule has 0 spiro atoms. The Morgan fingerprint density at radius 3 is 2.70 bits per heavy atom. The fourth-order valence-corrected chi connectivity index (χ4v) is 2.76. The Morgan fingerprint density at radius 1 is 1.20 bits per heavy atom. The molecule has 1 saturated heterocycles. The highest BCUT2D eigenvalue weighted by Gasteiger charge is 2.38. The van der Waals surface area contributed by atoms with Crippen LogP contribution in [0.1, 0.15) is 19.8 Å². The maximum Gasteiger partial charge on any atom is 0.00124 e. The van der Waals surface area contributed by atoms with E-state index in [1.165, 1.54) is 25.9 Å². The monoisotopic (exact) mass is 139 g/mol. The number of rotatable bonds is 0. The first-order valence-electron chi connectivity index (χ1n) is 4.46. The summed E-state index contributed by atoms with van der Waals surface area (Å²) in [6.45, 7) is 5.16. The Kier molecular flexibility index (Phi) is 1.48. The van der Waals surface area contributed by atoms with E-state index in [2.05, 4.69) is 18.9 Å². The third-order valence-electron chi connectivity index (χ3n) is 3.40. The van der Waals surface area contributed by atoms with Crippen molar-refractivity contribution in [3.63, 3.8) is 0 Å². The second-order valence-corrected chi connectivity index (χ2v) is 4.20. The van der Waals surface area contributed by atoms with Crippen LogP contribution >= 0.6 is 0 Å². The van der Waals surface area contributed by atoms with E-state index in [-0.39, 0.29) is 0 Å². The predicted molar refractivity (Wildman–Crippen MR) is 42.9 cm³/mol. The summed E-state index contributed by atoms with van der Waals surface area (Å²) < 4.78 is 0. The first-order chi connectivity index (χ1) is 4.77. The second kappa shape index (κ2) is 2.23. The highest BCUT2D eigenvalue weighted by molar-refractivity contribution is 4.90. The average Bonchev–Trinajstić information content (AvgIpc) is 2.35. The molecule has 58 valence electrons. The molecule has 1 heterocycles. The van der Waals surface area contributed by atoms with Gasteiger partial charge in [-0.05, 0) is 31.2 Å². The van der Waals surface area contributed by atoms with Gasteiger partial charge in [0.1, 0.15) is 0 Å². The Hall–Kier alpha value is -0.0400. The molecule has 2 fully saturated rings. The molecule has 1 saturated carbocycles. The minimum absolute atomic E-state index is 1.01. The SMILES string of the molecule is CC1CC[C@H]2CN(C)C[C@@H]12.